The highest BCUT2D eigenvalue weighted by atomic mass is 32.2. The summed E-state index contributed by atoms with van der Waals surface area (Å²) >= 11 is 3.94. The highest BCUT2D eigenvalue weighted by molar-refractivity contribution is 8.06. The molecule has 0 aliphatic carbocycles. The summed E-state index contributed by atoms with van der Waals surface area (Å²) in [6.45, 7) is 7.46. The van der Waals surface area contributed by atoms with Gasteiger partial charge in [0.1, 0.15) is 0 Å². The number of hydrogen-bond acceptors (Lipinski definition) is 6. The minimum Gasteiger partial charge on any atom is -0.339 e. The second-order valence-electron chi connectivity index (χ2n) is 4.58. The van der Waals surface area contributed by atoms with Crippen molar-refractivity contribution in [3.05, 3.63) is 11.7 Å². The van der Waals surface area contributed by atoms with Crippen LogP contribution in [0.2, 0.25) is 0 Å². The number of likely N-dealkylation sites (N-methyl/N-ethyl adjacent to an activating group) is 1. The molecule has 2 rings (SSSR count). The molecule has 102 valence electrons. The first-order valence-corrected chi connectivity index (χ1v) is 8.59. The highest BCUT2D eigenvalue weighted by Crippen LogP contribution is 2.41. The lowest BCUT2D eigenvalue weighted by molar-refractivity contribution is 0.358. The van der Waals surface area contributed by atoms with E-state index in [1.54, 1.807) is 0 Å². The molecule has 0 bridgehead atoms. The summed E-state index contributed by atoms with van der Waals surface area (Å²) < 4.78 is 5.36. The predicted molar refractivity (Wildman–Crippen MR) is 78.3 cm³/mol. The van der Waals surface area contributed by atoms with E-state index in [-0.39, 0.29) is 0 Å². The van der Waals surface area contributed by atoms with Gasteiger partial charge in [0, 0.05) is 29.2 Å². The topological polar surface area (TPSA) is 51.0 Å². The van der Waals surface area contributed by atoms with Crippen LogP contribution in [0.25, 0.3) is 0 Å². The fourth-order valence-electron chi connectivity index (χ4n) is 2.07. The Hall–Kier alpha value is -0.200. The Morgan fingerprint density at radius 2 is 2.22 bits per heavy atom. The van der Waals surface area contributed by atoms with E-state index in [1.807, 2.05) is 23.5 Å². The fourth-order valence-corrected chi connectivity index (χ4v) is 4.74. The van der Waals surface area contributed by atoms with Crippen molar-refractivity contribution in [1.82, 2.24) is 15.5 Å². The van der Waals surface area contributed by atoms with Gasteiger partial charge in [-0.1, -0.05) is 19.0 Å². The number of hydrogen-bond donors (Lipinski definition) is 1. The number of nitrogens with zero attached hydrogens (tertiary/aromatic N) is 2. The van der Waals surface area contributed by atoms with Crippen LogP contribution in [0.1, 0.15) is 37.7 Å². The molecule has 1 aromatic rings. The molecule has 3 unspecified atom stereocenters. The molecule has 1 aliphatic heterocycles. The Morgan fingerprint density at radius 3 is 2.94 bits per heavy atom. The van der Waals surface area contributed by atoms with E-state index in [9.17, 15) is 0 Å². The van der Waals surface area contributed by atoms with Gasteiger partial charge in [0.2, 0.25) is 5.89 Å². The van der Waals surface area contributed by atoms with Crippen molar-refractivity contribution in [2.24, 2.45) is 0 Å². The van der Waals surface area contributed by atoms with E-state index in [0.29, 0.717) is 16.5 Å². The average molecular weight is 287 g/mol. The van der Waals surface area contributed by atoms with Gasteiger partial charge in [0.05, 0.1) is 5.25 Å². The predicted octanol–water partition coefficient (Wildman–Crippen LogP) is 2.52. The first kappa shape index (κ1) is 14.2. The Bertz CT molecular complexity index is 372. The summed E-state index contributed by atoms with van der Waals surface area (Å²) in [5, 5.41) is 8.46. The molecule has 0 saturated carbocycles. The van der Waals surface area contributed by atoms with E-state index >= 15 is 0 Å². The van der Waals surface area contributed by atoms with Gasteiger partial charge in [-0.2, -0.15) is 16.7 Å². The van der Waals surface area contributed by atoms with E-state index in [0.717, 1.165) is 24.7 Å². The van der Waals surface area contributed by atoms with E-state index < -0.39 is 0 Å². The minimum atomic E-state index is 0.383. The molecule has 18 heavy (non-hydrogen) atoms. The van der Waals surface area contributed by atoms with E-state index in [2.05, 4.69) is 36.2 Å². The molecular formula is C12H21N3OS2. The zero-order valence-corrected chi connectivity index (χ0v) is 12.8. The molecule has 1 N–H and O–H groups in total. The van der Waals surface area contributed by atoms with Crippen molar-refractivity contribution in [1.29, 1.82) is 0 Å². The van der Waals surface area contributed by atoms with Gasteiger partial charge < -0.3 is 9.84 Å². The van der Waals surface area contributed by atoms with Crippen LogP contribution in [-0.2, 0) is 6.42 Å². The molecule has 0 radical (unpaired) electrons. The zero-order chi connectivity index (χ0) is 13.0. The van der Waals surface area contributed by atoms with Gasteiger partial charge in [-0.25, -0.2) is 0 Å². The number of rotatable bonds is 5. The lowest BCUT2D eigenvalue weighted by Gasteiger charge is -2.24. The lowest BCUT2D eigenvalue weighted by Crippen LogP contribution is -2.27. The van der Waals surface area contributed by atoms with Crippen LogP contribution in [0.4, 0.5) is 0 Å². The molecule has 2 heterocycles. The Kier molecular flexibility index (Phi) is 5.38. The van der Waals surface area contributed by atoms with Gasteiger partial charge in [-0.05, 0) is 13.5 Å². The molecule has 1 saturated heterocycles. The summed E-state index contributed by atoms with van der Waals surface area (Å²) in [5.41, 5.74) is 0. The second kappa shape index (κ2) is 6.82. The largest absolute Gasteiger partial charge is 0.339 e. The van der Waals surface area contributed by atoms with Crippen molar-refractivity contribution in [3.63, 3.8) is 0 Å². The smallest absolute Gasteiger partial charge is 0.228 e. The Labute approximate surface area is 117 Å². The highest BCUT2D eigenvalue weighted by Gasteiger charge is 2.28. The van der Waals surface area contributed by atoms with E-state index in [4.69, 9.17) is 4.52 Å². The molecule has 6 heteroatoms. The normalized spacial score (nSPS) is 26.2. The monoisotopic (exact) mass is 287 g/mol. The minimum absolute atomic E-state index is 0.383. The lowest BCUT2D eigenvalue weighted by atomic mass is 10.2. The second-order valence-corrected chi connectivity index (χ2v) is 7.31. The van der Waals surface area contributed by atoms with Gasteiger partial charge >= 0.3 is 0 Å². The molecule has 0 amide bonds. The van der Waals surface area contributed by atoms with Crippen LogP contribution < -0.4 is 5.32 Å². The molecule has 1 fully saturated rings. The summed E-state index contributed by atoms with van der Waals surface area (Å²) in [5.74, 6) is 4.03. The SMILES string of the molecule is CCNC(C)Cc1nc(C2SCCSC2C)no1. The van der Waals surface area contributed by atoms with Crippen LogP contribution in [-0.4, -0.2) is 39.5 Å². The summed E-state index contributed by atoms with van der Waals surface area (Å²) in [4.78, 5) is 4.55. The van der Waals surface area contributed by atoms with E-state index in [1.165, 1.54) is 11.5 Å². The average Bonchev–Trinajstić information content (AvgIpc) is 2.78. The summed E-state index contributed by atoms with van der Waals surface area (Å²) in [7, 11) is 0. The van der Waals surface area contributed by atoms with Crippen molar-refractivity contribution in [3.8, 4) is 0 Å². The maximum absolute atomic E-state index is 5.36. The van der Waals surface area contributed by atoms with Gasteiger partial charge in [0.15, 0.2) is 5.82 Å². The van der Waals surface area contributed by atoms with Gasteiger partial charge in [-0.3, -0.25) is 0 Å². The number of nitrogens with one attached hydrogen (secondary N) is 1. The van der Waals surface area contributed by atoms with Crippen LogP contribution in [0.15, 0.2) is 4.52 Å². The maximum atomic E-state index is 5.36. The third kappa shape index (κ3) is 3.65. The molecule has 1 aromatic heterocycles. The molecule has 4 nitrogen and oxygen atoms in total. The summed E-state index contributed by atoms with van der Waals surface area (Å²) in [6.07, 6.45) is 0.805. The molecule has 0 spiro atoms. The first-order valence-electron chi connectivity index (χ1n) is 6.49. The van der Waals surface area contributed by atoms with Gasteiger partial charge in [-0.15, -0.1) is 11.8 Å². The quantitative estimate of drug-likeness (QED) is 0.898. The number of aromatic nitrogens is 2. The van der Waals surface area contributed by atoms with Crippen molar-refractivity contribution in [2.45, 2.75) is 43.7 Å². The van der Waals surface area contributed by atoms with Crippen LogP contribution in [0.5, 0.6) is 0 Å². The third-order valence-corrected chi connectivity index (χ3v) is 6.05. The molecule has 0 aromatic carbocycles. The van der Waals surface area contributed by atoms with Crippen LogP contribution in [0.3, 0.4) is 0 Å². The fraction of sp³-hybridized carbons (Fsp3) is 0.833. The van der Waals surface area contributed by atoms with Crippen molar-refractivity contribution >= 4 is 23.5 Å². The van der Waals surface area contributed by atoms with Crippen molar-refractivity contribution in [2.75, 3.05) is 18.1 Å². The number of thioether (sulfide) groups is 2. The standard InChI is InChI=1S/C12H21N3OS2/c1-4-13-8(2)7-10-14-12(15-16-10)11-9(3)17-5-6-18-11/h8-9,11,13H,4-7H2,1-3H3. The first-order chi connectivity index (χ1) is 8.70. The van der Waals surface area contributed by atoms with Gasteiger partial charge in [0.25, 0.3) is 0 Å². The third-order valence-electron chi connectivity index (χ3n) is 2.96. The molecule has 3 atom stereocenters. The summed E-state index contributed by atoms with van der Waals surface area (Å²) in [6, 6.07) is 0.383. The molecule has 1 aliphatic rings. The molecular weight excluding hydrogens is 266 g/mol. The Balaban J connectivity index is 1.96. The maximum Gasteiger partial charge on any atom is 0.228 e. The van der Waals surface area contributed by atoms with Crippen molar-refractivity contribution < 1.29 is 4.52 Å². The van der Waals surface area contributed by atoms with Crippen LogP contribution in [0, 0.1) is 0 Å². The van der Waals surface area contributed by atoms with Crippen LogP contribution >= 0.6 is 23.5 Å². The Morgan fingerprint density at radius 1 is 1.44 bits per heavy atom. The zero-order valence-electron chi connectivity index (χ0n) is 11.2.